The van der Waals surface area contributed by atoms with E-state index in [1.807, 2.05) is 37.1 Å². The summed E-state index contributed by atoms with van der Waals surface area (Å²) < 4.78 is 5.57. The lowest BCUT2D eigenvalue weighted by atomic mass is 9.96. The van der Waals surface area contributed by atoms with E-state index in [0.29, 0.717) is 19.6 Å². The summed E-state index contributed by atoms with van der Waals surface area (Å²) in [4.78, 5) is 13.1. The summed E-state index contributed by atoms with van der Waals surface area (Å²) in [7, 11) is 1.86. The Balaban J connectivity index is 2.27. The Kier molecular flexibility index (Phi) is 3.99. The van der Waals surface area contributed by atoms with Crippen molar-refractivity contribution >= 4 is 5.97 Å². The largest absolute Gasteiger partial charge is 0.480 e. The summed E-state index contributed by atoms with van der Waals surface area (Å²) in [6.45, 7) is 3.06. The minimum Gasteiger partial charge on any atom is -0.480 e. The molecule has 1 aliphatic heterocycles. The third-order valence-corrected chi connectivity index (χ3v) is 3.60. The van der Waals surface area contributed by atoms with E-state index in [0.717, 1.165) is 5.56 Å². The van der Waals surface area contributed by atoms with Crippen LogP contribution in [0.2, 0.25) is 0 Å². The first-order chi connectivity index (χ1) is 8.65. The van der Waals surface area contributed by atoms with Gasteiger partial charge in [0.15, 0.2) is 0 Å². The van der Waals surface area contributed by atoms with Crippen molar-refractivity contribution < 1.29 is 14.6 Å². The number of hydrogen-bond acceptors (Lipinski definition) is 3. The molecule has 0 saturated heterocycles. The lowest BCUT2D eigenvalue weighted by Gasteiger charge is -2.36. The molecule has 1 heterocycles. The Morgan fingerprint density at radius 2 is 2.28 bits per heavy atom. The van der Waals surface area contributed by atoms with Gasteiger partial charge in [-0.25, -0.2) is 0 Å². The molecule has 1 aromatic rings. The van der Waals surface area contributed by atoms with E-state index >= 15 is 0 Å². The van der Waals surface area contributed by atoms with E-state index in [1.54, 1.807) is 0 Å². The minimum absolute atomic E-state index is 0.0241. The molecule has 0 amide bonds. The summed E-state index contributed by atoms with van der Waals surface area (Å²) in [6, 6.07) is 7.64. The van der Waals surface area contributed by atoms with Gasteiger partial charge in [0, 0.05) is 0 Å². The highest BCUT2D eigenvalue weighted by Gasteiger charge is 2.31. The van der Waals surface area contributed by atoms with E-state index < -0.39 is 12.0 Å². The molecule has 0 aromatic heterocycles. The lowest BCUT2D eigenvalue weighted by molar-refractivity contribution is -0.144. The van der Waals surface area contributed by atoms with Gasteiger partial charge in [-0.2, -0.15) is 0 Å². The summed E-state index contributed by atoms with van der Waals surface area (Å²) in [6.07, 6.45) is 0.588. The second-order valence-corrected chi connectivity index (χ2v) is 4.66. The maximum Gasteiger partial charge on any atom is 0.320 e. The fourth-order valence-electron chi connectivity index (χ4n) is 2.55. The number of likely N-dealkylation sites (N-methyl/N-ethyl adjacent to an activating group) is 1. The van der Waals surface area contributed by atoms with Crippen LogP contribution < -0.4 is 0 Å². The molecule has 0 fully saturated rings. The van der Waals surface area contributed by atoms with Gasteiger partial charge >= 0.3 is 5.97 Å². The van der Waals surface area contributed by atoms with Crippen molar-refractivity contribution in [3.63, 3.8) is 0 Å². The van der Waals surface area contributed by atoms with E-state index in [4.69, 9.17) is 4.74 Å². The first kappa shape index (κ1) is 13.1. The number of carboxylic acid groups (broad SMARTS) is 1. The number of aliphatic carboxylic acids is 1. The Bertz CT molecular complexity index is 433. The van der Waals surface area contributed by atoms with Crippen LogP contribution in [0.4, 0.5) is 0 Å². The Morgan fingerprint density at radius 3 is 2.94 bits per heavy atom. The van der Waals surface area contributed by atoms with Gasteiger partial charge in [0.25, 0.3) is 0 Å². The second-order valence-electron chi connectivity index (χ2n) is 4.66. The van der Waals surface area contributed by atoms with Crippen molar-refractivity contribution in [1.82, 2.24) is 4.90 Å². The van der Waals surface area contributed by atoms with Gasteiger partial charge in [0.1, 0.15) is 6.04 Å². The van der Waals surface area contributed by atoms with E-state index in [1.165, 1.54) is 5.56 Å². The predicted molar refractivity (Wildman–Crippen MR) is 68.3 cm³/mol. The maximum atomic E-state index is 11.2. The molecule has 0 bridgehead atoms. The van der Waals surface area contributed by atoms with Crippen molar-refractivity contribution in [3.05, 3.63) is 35.4 Å². The van der Waals surface area contributed by atoms with Crippen molar-refractivity contribution in [2.24, 2.45) is 0 Å². The third-order valence-electron chi connectivity index (χ3n) is 3.60. The summed E-state index contributed by atoms with van der Waals surface area (Å²) in [5.41, 5.74) is 2.34. The highest BCUT2D eigenvalue weighted by atomic mass is 16.5. The first-order valence-corrected chi connectivity index (χ1v) is 6.25. The SMILES string of the molecule is CCC(C(=O)O)N(C)C1COCc2ccccc21. The molecule has 2 rings (SSSR count). The fraction of sp³-hybridized carbons (Fsp3) is 0.500. The van der Waals surface area contributed by atoms with E-state index in [-0.39, 0.29) is 6.04 Å². The third kappa shape index (κ3) is 2.40. The summed E-state index contributed by atoms with van der Waals surface area (Å²) in [5, 5.41) is 9.24. The van der Waals surface area contributed by atoms with Gasteiger partial charge in [-0.15, -0.1) is 0 Å². The molecule has 1 aliphatic rings. The van der Waals surface area contributed by atoms with Crippen LogP contribution in [0, 0.1) is 0 Å². The molecular formula is C14H19NO3. The number of benzene rings is 1. The standard InChI is InChI=1S/C14H19NO3/c1-3-12(14(16)17)15(2)13-9-18-8-10-6-4-5-7-11(10)13/h4-7,12-13H,3,8-9H2,1-2H3,(H,16,17). The highest BCUT2D eigenvalue weighted by Crippen LogP contribution is 2.30. The van der Waals surface area contributed by atoms with E-state index in [9.17, 15) is 9.90 Å². The van der Waals surface area contributed by atoms with Crippen molar-refractivity contribution in [2.45, 2.75) is 32.0 Å². The number of carbonyl (C=O) groups is 1. The average molecular weight is 249 g/mol. The molecule has 0 radical (unpaired) electrons. The van der Waals surface area contributed by atoms with Crippen LogP contribution in [0.15, 0.2) is 24.3 Å². The van der Waals surface area contributed by atoms with Crippen molar-refractivity contribution in [3.8, 4) is 0 Å². The van der Waals surface area contributed by atoms with Crippen LogP contribution in [0.1, 0.15) is 30.5 Å². The monoisotopic (exact) mass is 249 g/mol. The van der Waals surface area contributed by atoms with Gasteiger partial charge in [0.05, 0.1) is 19.3 Å². The van der Waals surface area contributed by atoms with Gasteiger partial charge < -0.3 is 9.84 Å². The zero-order chi connectivity index (χ0) is 13.1. The lowest BCUT2D eigenvalue weighted by Crippen LogP contribution is -2.43. The number of rotatable bonds is 4. The number of nitrogens with zero attached hydrogens (tertiary/aromatic N) is 1. The Labute approximate surface area is 107 Å². The number of fused-ring (bicyclic) bond motifs is 1. The number of hydrogen-bond donors (Lipinski definition) is 1. The van der Waals surface area contributed by atoms with E-state index in [2.05, 4.69) is 6.07 Å². The number of carboxylic acids is 1. The molecule has 2 unspecified atom stereocenters. The Morgan fingerprint density at radius 1 is 1.56 bits per heavy atom. The molecule has 18 heavy (non-hydrogen) atoms. The van der Waals surface area contributed by atoms with Crippen molar-refractivity contribution in [2.75, 3.05) is 13.7 Å². The quantitative estimate of drug-likeness (QED) is 0.887. The highest BCUT2D eigenvalue weighted by molar-refractivity contribution is 5.73. The second kappa shape index (κ2) is 5.50. The summed E-state index contributed by atoms with van der Waals surface area (Å²) in [5.74, 6) is -0.775. The summed E-state index contributed by atoms with van der Waals surface area (Å²) >= 11 is 0. The van der Waals surface area contributed by atoms with Crippen molar-refractivity contribution in [1.29, 1.82) is 0 Å². The van der Waals surface area contributed by atoms with Crippen LogP contribution in [-0.4, -0.2) is 35.7 Å². The molecule has 4 heteroatoms. The van der Waals surface area contributed by atoms with Crippen LogP contribution in [0.25, 0.3) is 0 Å². The molecule has 0 aliphatic carbocycles. The molecule has 98 valence electrons. The zero-order valence-corrected chi connectivity index (χ0v) is 10.8. The van der Waals surface area contributed by atoms with Crippen LogP contribution >= 0.6 is 0 Å². The minimum atomic E-state index is -0.775. The van der Waals surface area contributed by atoms with Gasteiger partial charge in [0.2, 0.25) is 0 Å². The molecule has 4 nitrogen and oxygen atoms in total. The maximum absolute atomic E-state index is 11.2. The van der Waals surface area contributed by atoms with Gasteiger partial charge in [-0.3, -0.25) is 9.69 Å². The molecule has 0 spiro atoms. The zero-order valence-electron chi connectivity index (χ0n) is 10.8. The average Bonchev–Trinajstić information content (AvgIpc) is 2.38. The molecule has 0 saturated carbocycles. The van der Waals surface area contributed by atoms with Gasteiger partial charge in [-0.05, 0) is 24.6 Å². The fourth-order valence-corrected chi connectivity index (χ4v) is 2.55. The number of ether oxygens (including phenoxy) is 1. The van der Waals surface area contributed by atoms with Gasteiger partial charge in [-0.1, -0.05) is 31.2 Å². The molecular weight excluding hydrogens is 230 g/mol. The smallest absolute Gasteiger partial charge is 0.320 e. The normalized spacial score (nSPS) is 20.5. The molecule has 2 atom stereocenters. The molecule has 1 N–H and O–H groups in total. The van der Waals surface area contributed by atoms with Crippen LogP contribution in [0.5, 0.6) is 0 Å². The van der Waals surface area contributed by atoms with Crippen LogP contribution in [-0.2, 0) is 16.1 Å². The van der Waals surface area contributed by atoms with Crippen LogP contribution in [0.3, 0.4) is 0 Å². The Hall–Kier alpha value is -1.39. The molecule has 1 aromatic carbocycles. The first-order valence-electron chi connectivity index (χ1n) is 6.25. The predicted octanol–water partition coefficient (Wildman–Crippen LogP) is 2.05. The topological polar surface area (TPSA) is 49.8 Å².